The third-order valence-corrected chi connectivity index (χ3v) is 4.02. The van der Waals surface area contributed by atoms with Crippen molar-refractivity contribution in [2.75, 3.05) is 33.8 Å². The molecule has 2 heterocycles. The summed E-state index contributed by atoms with van der Waals surface area (Å²) >= 11 is 0. The van der Waals surface area contributed by atoms with Gasteiger partial charge >= 0.3 is 0 Å². The predicted molar refractivity (Wildman–Crippen MR) is 77.7 cm³/mol. The highest BCUT2D eigenvalue weighted by molar-refractivity contribution is 5.83. The van der Waals surface area contributed by atoms with Gasteiger partial charge in [0.15, 0.2) is 0 Å². The second kappa shape index (κ2) is 4.87. The highest BCUT2D eigenvalue weighted by Crippen LogP contribution is 2.27. The molecule has 0 aliphatic carbocycles. The van der Waals surface area contributed by atoms with Gasteiger partial charge in [-0.05, 0) is 31.3 Å². The minimum Gasteiger partial charge on any atom is -0.497 e. The number of likely N-dealkylation sites (N-methyl/N-ethyl adjacent to an activating group) is 1. The lowest BCUT2D eigenvalue weighted by molar-refractivity contribution is 0.236. The van der Waals surface area contributed by atoms with E-state index in [2.05, 4.69) is 47.1 Å². The highest BCUT2D eigenvalue weighted by Gasteiger charge is 2.21. The summed E-state index contributed by atoms with van der Waals surface area (Å²) in [7, 11) is 6.03. The van der Waals surface area contributed by atoms with Crippen LogP contribution in [0.1, 0.15) is 11.7 Å². The van der Waals surface area contributed by atoms with Gasteiger partial charge in [0.25, 0.3) is 0 Å². The van der Waals surface area contributed by atoms with Gasteiger partial charge in [0.2, 0.25) is 0 Å². The molecule has 1 aromatic heterocycles. The molecule has 1 saturated heterocycles. The zero-order chi connectivity index (χ0) is 13.4. The molecule has 1 fully saturated rings. The molecule has 19 heavy (non-hydrogen) atoms. The Bertz CT molecular complexity index is 590. The van der Waals surface area contributed by atoms with Gasteiger partial charge in [0.05, 0.1) is 13.2 Å². The van der Waals surface area contributed by atoms with Gasteiger partial charge in [-0.2, -0.15) is 0 Å². The van der Waals surface area contributed by atoms with E-state index in [0.29, 0.717) is 6.04 Å². The first-order valence-corrected chi connectivity index (χ1v) is 6.74. The number of nitrogens with zero attached hydrogens (tertiary/aromatic N) is 2. The van der Waals surface area contributed by atoms with Crippen LogP contribution in [0.4, 0.5) is 0 Å². The Morgan fingerprint density at radius 1 is 1.26 bits per heavy atom. The van der Waals surface area contributed by atoms with Gasteiger partial charge in [-0.25, -0.2) is 0 Å². The van der Waals surface area contributed by atoms with Crippen molar-refractivity contribution in [1.29, 1.82) is 0 Å². The topological polar surface area (TPSA) is 29.4 Å². The third kappa shape index (κ3) is 2.22. The second-order valence-corrected chi connectivity index (χ2v) is 5.32. The number of benzene rings is 1. The minimum absolute atomic E-state index is 0.405. The Balaban J connectivity index is 2.01. The van der Waals surface area contributed by atoms with E-state index in [1.165, 1.54) is 16.6 Å². The van der Waals surface area contributed by atoms with Crippen LogP contribution in [0.3, 0.4) is 0 Å². The predicted octanol–water partition coefficient (Wildman–Crippen LogP) is 1.76. The molecule has 2 aromatic rings. The number of piperazine rings is 1. The first-order chi connectivity index (χ1) is 9.19. The van der Waals surface area contributed by atoms with E-state index in [9.17, 15) is 0 Å². The van der Waals surface area contributed by atoms with Gasteiger partial charge in [-0.1, -0.05) is 0 Å². The number of ether oxygens (including phenoxy) is 1. The molecule has 0 saturated carbocycles. The summed E-state index contributed by atoms with van der Waals surface area (Å²) in [6.45, 7) is 3.22. The molecule has 0 amide bonds. The molecular weight excluding hydrogens is 238 g/mol. The number of hydrogen-bond donors (Lipinski definition) is 1. The van der Waals surface area contributed by atoms with E-state index >= 15 is 0 Å². The van der Waals surface area contributed by atoms with E-state index in [4.69, 9.17) is 4.74 Å². The lowest BCUT2D eigenvalue weighted by Gasteiger charge is -2.31. The maximum Gasteiger partial charge on any atom is 0.119 e. The largest absolute Gasteiger partial charge is 0.497 e. The summed E-state index contributed by atoms with van der Waals surface area (Å²) < 4.78 is 7.58. The second-order valence-electron chi connectivity index (χ2n) is 5.32. The van der Waals surface area contributed by atoms with Crippen LogP contribution < -0.4 is 10.1 Å². The third-order valence-electron chi connectivity index (χ3n) is 4.02. The number of hydrogen-bond acceptors (Lipinski definition) is 3. The lowest BCUT2D eigenvalue weighted by atomic mass is 10.1. The van der Waals surface area contributed by atoms with Crippen LogP contribution in [-0.2, 0) is 7.05 Å². The van der Waals surface area contributed by atoms with Crippen LogP contribution in [0, 0.1) is 0 Å². The van der Waals surface area contributed by atoms with Crippen molar-refractivity contribution >= 4 is 10.9 Å². The Morgan fingerprint density at radius 2 is 2.11 bits per heavy atom. The summed E-state index contributed by atoms with van der Waals surface area (Å²) in [6, 6.07) is 8.93. The normalized spacial score (nSPS) is 20.9. The first kappa shape index (κ1) is 12.5. The molecule has 1 N–H and O–H groups in total. The monoisotopic (exact) mass is 259 g/mol. The molecule has 0 bridgehead atoms. The molecule has 0 radical (unpaired) electrons. The molecule has 0 spiro atoms. The fourth-order valence-electron chi connectivity index (χ4n) is 2.91. The summed E-state index contributed by atoms with van der Waals surface area (Å²) in [5.41, 5.74) is 2.60. The Hall–Kier alpha value is -1.52. The van der Waals surface area contributed by atoms with Gasteiger partial charge in [-0.15, -0.1) is 0 Å². The summed E-state index contributed by atoms with van der Waals surface area (Å²) in [5.74, 6) is 0.915. The smallest absolute Gasteiger partial charge is 0.119 e. The van der Waals surface area contributed by atoms with Crippen molar-refractivity contribution < 1.29 is 4.74 Å². The summed E-state index contributed by atoms with van der Waals surface area (Å²) in [5, 5.41) is 4.84. The molecule has 1 aliphatic heterocycles. The SMILES string of the molecule is COc1ccc2c(c1)cc(C1CN(C)CCN1)n2C. The number of methoxy groups -OCH3 is 1. The van der Waals surface area contributed by atoms with Gasteiger partial charge in [0.1, 0.15) is 5.75 Å². The molecule has 3 rings (SSSR count). The van der Waals surface area contributed by atoms with E-state index in [-0.39, 0.29) is 0 Å². The van der Waals surface area contributed by atoms with Crippen molar-refractivity contribution in [3.05, 3.63) is 30.0 Å². The Labute approximate surface area is 114 Å². The Morgan fingerprint density at radius 3 is 2.84 bits per heavy atom. The van der Waals surface area contributed by atoms with Crippen LogP contribution in [0.25, 0.3) is 10.9 Å². The molecule has 4 heteroatoms. The van der Waals surface area contributed by atoms with Crippen molar-refractivity contribution in [1.82, 2.24) is 14.8 Å². The average molecular weight is 259 g/mol. The van der Waals surface area contributed by atoms with Gasteiger partial charge < -0.3 is 19.5 Å². The summed E-state index contributed by atoms with van der Waals surface area (Å²) in [4.78, 5) is 2.37. The van der Waals surface area contributed by atoms with E-state index < -0.39 is 0 Å². The highest BCUT2D eigenvalue weighted by atomic mass is 16.5. The molecule has 1 aromatic carbocycles. The number of aryl methyl sites for hydroxylation is 1. The number of rotatable bonds is 2. The fraction of sp³-hybridized carbons (Fsp3) is 0.467. The zero-order valence-corrected chi connectivity index (χ0v) is 11.8. The van der Waals surface area contributed by atoms with E-state index in [1.54, 1.807) is 7.11 Å². The Kier molecular flexibility index (Phi) is 3.21. The molecular formula is C15H21N3O. The van der Waals surface area contributed by atoms with E-state index in [0.717, 1.165) is 25.4 Å². The van der Waals surface area contributed by atoms with E-state index in [1.807, 2.05) is 6.07 Å². The van der Waals surface area contributed by atoms with Gasteiger partial charge in [-0.3, -0.25) is 0 Å². The standard InChI is InChI=1S/C15H21N3O/c1-17-7-6-16-13(10-17)15-9-11-8-12(19-3)4-5-14(11)18(15)2/h4-5,8-9,13,16H,6-7,10H2,1-3H3. The number of nitrogens with one attached hydrogen (secondary N) is 1. The molecule has 4 nitrogen and oxygen atoms in total. The summed E-state index contributed by atoms with van der Waals surface area (Å²) in [6.07, 6.45) is 0. The molecule has 102 valence electrons. The van der Waals surface area contributed by atoms with Crippen molar-refractivity contribution in [2.24, 2.45) is 7.05 Å². The maximum atomic E-state index is 5.30. The van der Waals surface area contributed by atoms with Crippen molar-refractivity contribution in [2.45, 2.75) is 6.04 Å². The molecule has 1 atom stereocenters. The zero-order valence-electron chi connectivity index (χ0n) is 11.8. The van der Waals surface area contributed by atoms with Crippen molar-refractivity contribution in [3.63, 3.8) is 0 Å². The van der Waals surface area contributed by atoms with Crippen LogP contribution in [-0.4, -0.2) is 43.3 Å². The van der Waals surface area contributed by atoms with Crippen LogP contribution >= 0.6 is 0 Å². The number of fused-ring (bicyclic) bond motifs is 1. The first-order valence-electron chi connectivity index (χ1n) is 6.74. The average Bonchev–Trinajstić information content (AvgIpc) is 2.75. The maximum absolute atomic E-state index is 5.30. The van der Waals surface area contributed by atoms with Crippen molar-refractivity contribution in [3.8, 4) is 5.75 Å². The van der Waals surface area contributed by atoms with Crippen LogP contribution in [0.5, 0.6) is 5.75 Å². The molecule has 1 unspecified atom stereocenters. The lowest BCUT2D eigenvalue weighted by Crippen LogP contribution is -2.44. The van der Waals surface area contributed by atoms with Crippen LogP contribution in [0.15, 0.2) is 24.3 Å². The minimum atomic E-state index is 0.405. The fourth-order valence-corrected chi connectivity index (χ4v) is 2.91. The van der Waals surface area contributed by atoms with Crippen LogP contribution in [0.2, 0.25) is 0 Å². The van der Waals surface area contributed by atoms with Gasteiger partial charge in [0, 0.05) is 43.3 Å². The number of aromatic nitrogens is 1. The molecule has 1 aliphatic rings. The quantitative estimate of drug-likeness (QED) is 0.891.